The minimum Gasteiger partial charge on any atom is -0.504 e. The highest BCUT2D eigenvalue weighted by molar-refractivity contribution is 6.01. The van der Waals surface area contributed by atoms with Crippen LogP contribution in [0.3, 0.4) is 0 Å². The third-order valence-corrected chi connectivity index (χ3v) is 3.88. The van der Waals surface area contributed by atoms with Crippen LogP contribution in [-0.4, -0.2) is 21.1 Å². The highest BCUT2D eigenvalue weighted by Crippen LogP contribution is 2.27. The number of carbonyl (C=O) groups is 1. The van der Waals surface area contributed by atoms with Gasteiger partial charge in [0.15, 0.2) is 11.5 Å². The monoisotopic (exact) mass is 310 g/mol. The van der Waals surface area contributed by atoms with Crippen molar-refractivity contribution in [2.75, 3.05) is 5.32 Å². The van der Waals surface area contributed by atoms with Crippen molar-refractivity contribution in [2.24, 2.45) is 5.92 Å². The minimum absolute atomic E-state index is 0.0914. The van der Waals surface area contributed by atoms with Crippen LogP contribution >= 0.6 is 0 Å². The number of phenols is 2. The average Bonchev–Trinajstić information content (AvgIpc) is 3.00. The lowest BCUT2D eigenvalue weighted by atomic mass is 9.99. The molecule has 5 heteroatoms. The number of hydrogen-bond acceptors (Lipinski definition) is 3. The van der Waals surface area contributed by atoms with Gasteiger partial charge in [0, 0.05) is 23.0 Å². The molecule has 118 valence electrons. The summed E-state index contributed by atoms with van der Waals surface area (Å²) in [7, 11) is 0. The molecule has 0 fully saturated rings. The fraction of sp³-hybridized carbons (Fsp3) is 0.167. The van der Waals surface area contributed by atoms with E-state index in [0.717, 1.165) is 22.2 Å². The van der Waals surface area contributed by atoms with E-state index in [1.807, 2.05) is 37.4 Å². The van der Waals surface area contributed by atoms with Crippen molar-refractivity contribution in [3.05, 3.63) is 54.2 Å². The van der Waals surface area contributed by atoms with E-state index in [4.69, 9.17) is 0 Å². The fourth-order valence-corrected chi connectivity index (χ4v) is 2.59. The Balaban J connectivity index is 1.72. The minimum atomic E-state index is -0.270. The van der Waals surface area contributed by atoms with Gasteiger partial charge in [-0.2, -0.15) is 0 Å². The van der Waals surface area contributed by atoms with Crippen molar-refractivity contribution < 1.29 is 15.0 Å². The standard InChI is InChI=1S/C18H18N2O3/c1-11(9-12-5-6-16(21)17(22)10-12)18(23)20-15-4-2-3-14-13(15)7-8-19-14/h2-8,10-11,19,21-22H,9H2,1H3,(H,20,23). The number of aromatic nitrogens is 1. The van der Waals surface area contributed by atoms with E-state index in [9.17, 15) is 15.0 Å². The zero-order valence-corrected chi connectivity index (χ0v) is 12.7. The topological polar surface area (TPSA) is 85.3 Å². The van der Waals surface area contributed by atoms with E-state index < -0.39 is 0 Å². The molecular weight excluding hydrogens is 292 g/mol. The summed E-state index contributed by atoms with van der Waals surface area (Å²) < 4.78 is 0. The largest absolute Gasteiger partial charge is 0.504 e. The summed E-state index contributed by atoms with van der Waals surface area (Å²) in [6.45, 7) is 1.83. The number of benzene rings is 2. The maximum absolute atomic E-state index is 12.4. The first-order chi connectivity index (χ1) is 11.0. The van der Waals surface area contributed by atoms with Gasteiger partial charge in [0.1, 0.15) is 0 Å². The lowest BCUT2D eigenvalue weighted by molar-refractivity contribution is -0.119. The quantitative estimate of drug-likeness (QED) is 0.557. The first-order valence-corrected chi connectivity index (χ1v) is 7.42. The van der Waals surface area contributed by atoms with E-state index in [0.29, 0.717) is 6.42 Å². The molecule has 0 spiro atoms. The number of nitrogens with one attached hydrogen (secondary N) is 2. The molecule has 2 aromatic carbocycles. The molecule has 0 bridgehead atoms. The SMILES string of the molecule is CC(Cc1ccc(O)c(O)c1)C(=O)Nc1cccc2[nH]ccc12. The molecule has 0 aliphatic carbocycles. The second-order valence-electron chi connectivity index (χ2n) is 5.66. The molecule has 0 aliphatic rings. The van der Waals surface area contributed by atoms with Crippen LogP contribution in [0, 0.1) is 5.92 Å². The van der Waals surface area contributed by atoms with Crippen LogP contribution in [0.4, 0.5) is 5.69 Å². The molecule has 0 saturated carbocycles. The molecule has 0 saturated heterocycles. The average molecular weight is 310 g/mol. The van der Waals surface area contributed by atoms with E-state index in [2.05, 4.69) is 10.3 Å². The van der Waals surface area contributed by atoms with Gasteiger partial charge in [-0.1, -0.05) is 19.1 Å². The maximum Gasteiger partial charge on any atom is 0.227 e. The highest BCUT2D eigenvalue weighted by atomic mass is 16.3. The molecule has 1 heterocycles. The number of amides is 1. The van der Waals surface area contributed by atoms with E-state index in [1.165, 1.54) is 12.1 Å². The zero-order valence-electron chi connectivity index (χ0n) is 12.7. The predicted octanol–water partition coefficient (Wildman–Crippen LogP) is 3.40. The van der Waals surface area contributed by atoms with Gasteiger partial charge in [0.05, 0.1) is 5.69 Å². The van der Waals surface area contributed by atoms with Crippen LogP contribution in [0.5, 0.6) is 11.5 Å². The van der Waals surface area contributed by atoms with E-state index in [-0.39, 0.29) is 23.3 Å². The Hall–Kier alpha value is -2.95. The van der Waals surface area contributed by atoms with Gasteiger partial charge in [0.2, 0.25) is 5.91 Å². The Morgan fingerprint density at radius 3 is 2.78 bits per heavy atom. The Morgan fingerprint density at radius 2 is 2.00 bits per heavy atom. The molecular formula is C18H18N2O3. The second kappa shape index (κ2) is 6.04. The smallest absolute Gasteiger partial charge is 0.227 e. The van der Waals surface area contributed by atoms with Crippen molar-refractivity contribution in [1.29, 1.82) is 0 Å². The summed E-state index contributed by atoms with van der Waals surface area (Å²) in [5.74, 6) is -0.698. The number of H-pyrrole nitrogens is 1. The summed E-state index contributed by atoms with van der Waals surface area (Å²) in [5.41, 5.74) is 2.54. The Kier molecular flexibility index (Phi) is 3.93. The van der Waals surface area contributed by atoms with Crippen LogP contribution in [0.2, 0.25) is 0 Å². The molecule has 0 radical (unpaired) electrons. The van der Waals surface area contributed by atoms with Gasteiger partial charge in [-0.3, -0.25) is 4.79 Å². The number of aromatic amines is 1. The van der Waals surface area contributed by atoms with Crippen LogP contribution in [0.1, 0.15) is 12.5 Å². The summed E-state index contributed by atoms with van der Waals surface area (Å²) in [4.78, 5) is 15.5. The fourth-order valence-electron chi connectivity index (χ4n) is 2.59. The van der Waals surface area contributed by atoms with E-state index in [1.54, 1.807) is 6.07 Å². The highest BCUT2D eigenvalue weighted by Gasteiger charge is 2.15. The van der Waals surface area contributed by atoms with Crippen LogP contribution < -0.4 is 5.32 Å². The molecule has 1 aromatic heterocycles. The number of hydrogen-bond donors (Lipinski definition) is 4. The molecule has 3 aromatic rings. The number of anilines is 1. The van der Waals surface area contributed by atoms with Gasteiger partial charge >= 0.3 is 0 Å². The van der Waals surface area contributed by atoms with Crippen molar-refractivity contribution in [2.45, 2.75) is 13.3 Å². The molecule has 1 amide bonds. The molecule has 23 heavy (non-hydrogen) atoms. The normalized spacial score (nSPS) is 12.2. The number of carbonyl (C=O) groups excluding carboxylic acids is 1. The number of fused-ring (bicyclic) bond motifs is 1. The van der Waals surface area contributed by atoms with Crippen LogP contribution in [-0.2, 0) is 11.2 Å². The lowest BCUT2D eigenvalue weighted by Gasteiger charge is -2.13. The molecule has 1 atom stereocenters. The maximum atomic E-state index is 12.4. The molecule has 0 aliphatic heterocycles. The number of aromatic hydroxyl groups is 2. The third kappa shape index (κ3) is 3.13. The van der Waals surface area contributed by atoms with Crippen molar-refractivity contribution in [3.8, 4) is 11.5 Å². The first kappa shape index (κ1) is 15.0. The Labute approximate surface area is 133 Å². The predicted molar refractivity (Wildman–Crippen MR) is 89.6 cm³/mol. The first-order valence-electron chi connectivity index (χ1n) is 7.42. The molecule has 3 rings (SSSR count). The Bertz CT molecular complexity index is 854. The molecule has 5 nitrogen and oxygen atoms in total. The van der Waals surface area contributed by atoms with E-state index >= 15 is 0 Å². The number of phenolic OH excluding ortho intramolecular Hbond substituents is 2. The van der Waals surface area contributed by atoms with Crippen molar-refractivity contribution in [1.82, 2.24) is 4.98 Å². The van der Waals surface area contributed by atoms with Gasteiger partial charge in [-0.05, 0) is 42.3 Å². The van der Waals surface area contributed by atoms with Crippen LogP contribution in [0.15, 0.2) is 48.7 Å². The zero-order chi connectivity index (χ0) is 16.4. The Morgan fingerprint density at radius 1 is 1.17 bits per heavy atom. The number of rotatable bonds is 4. The van der Waals surface area contributed by atoms with Crippen LogP contribution in [0.25, 0.3) is 10.9 Å². The third-order valence-electron chi connectivity index (χ3n) is 3.88. The summed E-state index contributed by atoms with van der Waals surface area (Å²) in [6, 6.07) is 12.2. The molecule has 4 N–H and O–H groups in total. The second-order valence-corrected chi connectivity index (χ2v) is 5.66. The van der Waals surface area contributed by atoms with Gasteiger partial charge in [-0.15, -0.1) is 0 Å². The van der Waals surface area contributed by atoms with Crippen molar-refractivity contribution in [3.63, 3.8) is 0 Å². The van der Waals surface area contributed by atoms with Gasteiger partial charge < -0.3 is 20.5 Å². The summed E-state index contributed by atoms with van der Waals surface area (Å²) in [5, 5.41) is 22.8. The lowest BCUT2D eigenvalue weighted by Crippen LogP contribution is -2.22. The van der Waals surface area contributed by atoms with Gasteiger partial charge in [-0.25, -0.2) is 0 Å². The van der Waals surface area contributed by atoms with Gasteiger partial charge in [0.25, 0.3) is 0 Å². The van der Waals surface area contributed by atoms with Crippen molar-refractivity contribution >= 4 is 22.5 Å². The summed E-state index contributed by atoms with van der Waals surface area (Å²) in [6.07, 6.45) is 2.31. The summed E-state index contributed by atoms with van der Waals surface area (Å²) >= 11 is 0. The molecule has 1 unspecified atom stereocenters.